The summed E-state index contributed by atoms with van der Waals surface area (Å²) in [5.74, 6) is 2.01. The van der Waals surface area contributed by atoms with Crippen LogP contribution in [0.25, 0.3) is 0 Å². The van der Waals surface area contributed by atoms with Gasteiger partial charge in [0, 0.05) is 10.00 Å². The van der Waals surface area contributed by atoms with Gasteiger partial charge in [0.05, 0.1) is 0 Å². The van der Waals surface area contributed by atoms with Crippen LogP contribution in [0.1, 0.15) is 40.0 Å². The third-order valence-corrected chi connectivity index (χ3v) is 5.46. The van der Waals surface area contributed by atoms with Crippen LogP contribution in [0.2, 0.25) is 0 Å². The van der Waals surface area contributed by atoms with Crippen molar-refractivity contribution in [1.82, 2.24) is 0 Å². The fourth-order valence-electron chi connectivity index (χ4n) is 2.56. The minimum atomic E-state index is 0.593. The monoisotopic (exact) mass is 170 g/mol. The van der Waals surface area contributed by atoms with Gasteiger partial charge in [-0.25, -0.2) is 0 Å². The SMILES string of the molecule is C[C@H]1CC[C@H]2C[C@@H]1SC2(C)C. The standard InChI is InChI=1S/C10H18S/c1-7-4-5-8-6-9(7)11-10(8,2)3/h7-9H,4-6H2,1-3H3/t7-,8-,9-/m0/s1. The van der Waals surface area contributed by atoms with E-state index in [4.69, 9.17) is 0 Å². The number of fused-ring (bicyclic) bond motifs is 2. The average Bonchev–Trinajstić information content (AvgIpc) is 2.16. The van der Waals surface area contributed by atoms with Crippen molar-refractivity contribution in [2.75, 3.05) is 0 Å². The second kappa shape index (κ2) is 2.42. The molecule has 64 valence electrons. The molecule has 0 aromatic rings. The Balaban J connectivity index is 2.16. The van der Waals surface area contributed by atoms with E-state index in [1.807, 2.05) is 0 Å². The Bertz CT molecular complexity index is 162. The number of thioether (sulfide) groups is 1. The van der Waals surface area contributed by atoms with Gasteiger partial charge < -0.3 is 0 Å². The first kappa shape index (κ1) is 7.97. The van der Waals surface area contributed by atoms with Crippen molar-refractivity contribution in [2.24, 2.45) is 11.8 Å². The molecule has 2 rings (SSSR count). The van der Waals surface area contributed by atoms with Crippen LogP contribution >= 0.6 is 11.8 Å². The van der Waals surface area contributed by atoms with E-state index in [9.17, 15) is 0 Å². The van der Waals surface area contributed by atoms with Gasteiger partial charge in [-0.1, -0.05) is 20.8 Å². The van der Waals surface area contributed by atoms with E-state index in [0.29, 0.717) is 4.75 Å². The molecule has 0 unspecified atom stereocenters. The third-order valence-electron chi connectivity index (χ3n) is 3.56. The van der Waals surface area contributed by atoms with Crippen molar-refractivity contribution < 1.29 is 0 Å². The van der Waals surface area contributed by atoms with E-state index in [1.165, 1.54) is 19.3 Å². The van der Waals surface area contributed by atoms with Crippen molar-refractivity contribution in [3.63, 3.8) is 0 Å². The topological polar surface area (TPSA) is 0 Å². The number of rotatable bonds is 0. The van der Waals surface area contributed by atoms with Gasteiger partial charge in [0.2, 0.25) is 0 Å². The molecule has 0 radical (unpaired) electrons. The Morgan fingerprint density at radius 2 is 2.00 bits per heavy atom. The highest BCUT2D eigenvalue weighted by atomic mass is 32.2. The summed E-state index contributed by atoms with van der Waals surface area (Å²) < 4.78 is 0.593. The summed E-state index contributed by atoms with van der Waals surface area (Å²) in [6.45, 7) is 7.29. The number of hydrogen-bond acceptors (Lipinski definition) is 1. The summed E-state index contributed by atoms with van der Waals surface area (Å²) in [5, 5.41) is 0.990. The lowest BCUT2D eigenvalue weighted by Gasteiger charge is -2.26. The fraction of sp³-hybridized carbons (Fsp3) is 1.00. The first-order chi connectivity index (χ1) is 5.09. The molecule has 3 atom stereocenters. The molecule has 1 saturated carbocycles. The van der Waals surface area contributed by atoms with E-state index in [-0.39, 0.29) is 0 Å². The maximum absolute atomic E-state index is 2.43. The fourth-order valence-corrected chi connectivity index (χ4v) is 4.45. The Labute approximate surface area is 74.1 Å². The molecule has 1 saturated heterocycles. The maximum atomic E-state index is 2.43. The van der Waals surface area contributed by atoms with E-state index in [1.54, 1.807) is 0 Å². The van der Waals surface area contributed by atoms with Gasteiger partial charge in [0.25, 0.3) is 0 Å². The normalized spacial score (nSPS) is 47.7. The van der Waals surface area contributed by atoms with E-state index in [0.717, 1.165) is 17.1 Å². The number of hydrogen-bond donors (Lipinski definition) is 0. The Kier molecular flexibility index (Phi) is 1.75. The average molecular weight is 170 g/mol. The lowest BCUT2D eigenvalue weighted by Crippen LogP contribution is -2.23. The summed E-state index contributed by atoms with van der Waals surface area (Å²) in [5.41, 5.74) is 0. The smallest absolute Gasteiger partial charge is 0.0135 e. The molecule has 1 aliphatic carbocycles. The lowest BCUT2D eigenvalue weighted by molar-refractivity contribution is 0.290. The summed E-state index contributed by atoms with van der Waals surface area (Å²) in [4.78, 5) is 0. The predicted molar refractivity (Wildman–Crippen MR) is 52.0 cm³/mol. The molecule has 1 heteroatoms. The van der Waals surface area contributed by atoms with Crippen LogP contribution in [0.3, 0.4) is 0 Å². The third kappa shape index (κ3) is 1.22. The summed E-state index contributed by atoms with van der Waals surface area (Å²) in [6.07, 6.45) is 4.46. The highest BCUT2D eigenvalue weighted by Crippen LogP contribution is 2.55. The molecule has 0 amide bonds. The summed E-state index contributed by atoms with van der Waals surface area (Å²) >= 11 is 2.25. The maximum Gasteiger partial charge on any atom is 0.0135 e. The highest BCUT2D eigenvalue weighted by Gasteiger charge is 2.45. The Morgan fingerprint density at radius 3 is 2.64 bits per heavy atom. The predicted octanol–water partition coefficient (Wildman–Crippen LogP) is 3.32. The zero-order valence-electron chi connectivity index (χ0n) is 7.76. The first-order valence-corrected chi connectivity index (χ1v) is 5.65. The van der Waals surface area contributed by atoms with E-state index >= 15 is 0 Å². The summed E-state index contributed by atoms with van der Waals surface area (Å²) in [7, 11) is 0. The van der Waals surface area contributed by atoms with Gasteiger partial charge in [-0.15, -0.1) is 0 Å². The van der Waals surface area contributed by atoms with E-state index in [2.05, 4.69) is 32.5 Å². The zero-order chi connectivity index (χ0) is 8.06. The second-order valence-corrected chi connectivity index (χ2v) is 6.64. The van der Waals surface area contributed by atoms with Gasteiger partial charge in [-0.05, 0) is 31.1 Å². The van der Waals surface area contributed by atoms with Crippen LogP contribution in [0.5, 0.6) is 0 Å². The molecule has 2 bridgehead atoms. The molecule has 0 N–H and O–H groups in total. The van der Waals surface area contributed by atoms with Gasteiger partial charge in [-0.2, -0.15) is 11.8 Å². The van der Waals surface area contributed by atoms with E-state index < -0.39 is 0 Å². The van der Waals surface area contributed by atoms with Gasteiger partial charge in [0.1, 0.15) is 0 Å². The lowest BCUT2D eigenvalue weighted by atomic mass is 9.78. The van der Waals surface area contributed by atoms with Crippen LogP contribution in [0, 0.1) is 11.8 Å². The van der Waals surface area contributed by atoms with Gasteiger partial charge >= 0.3 is 0 Å². The molecular formula is C10H18S. The molecule has 11 heavy (non-hydrogen) atoms. The molecule has 0 aromatic carbocycles. The van der Waals surface area contributed by atoms with Crippen LogP contribution in [-0.2, 0) is 0 Å². The molecule has 0 spiro atoms. The van der Waals surface area contributed by atoms with Crippen molar-refractivity contribution >= 4 is 11.8 Å². The van der Waals surface area contributed by atoms with Gasteiger partial charge in [-0.3, -0.25) is 0 Å². The van der Waals surface area contributed by atoms with Crippen molar-refractivity contribution in [1.29, 1.82) is 0 Å². The van der Waals surface area contributed by atoms with Crippen molar-refractivity contribution in [3.05, 3.63) is 0 Å². The zero-order valence-corrected chi connectivity index (χ0v) is 8.58. The quantitative estimate of drug-likeness (QED) is 0.537. The molecule has 1 aliphatic heterocycles. The molecule has 1 heterocycles. The summed E-state index contributed by atoms with van der Waals surface area (Å²) in [6, 6.07) is 0. The molecule has 0 aromatic heterocycles. The largest absolute Gasteiger partial charge is 0.152 e. The van der Waals surface area contributed by atoms with Crippen molar-refractivity contribution in [2.45, 2.75) is 50.0 Å². The van der Waals surface area contributed by atoms with Crippen LogP contribution in [0.4, 0.5) is 0 Å². The molecule has 2 aliphatic rings. The molecule has 0 nitrogen and oxygen atoms in total. The van der Waals surface area contributed by atoms with Crippen LogP contribution in [0.15, 0.2) is 0 Å². The second-order valence-electron chi connectivity index (χ2n) is 4.75. The molecule has 2 fully saturated rings. The Morgan fingerprint density at radius 1 is 1.27 bits per heavy atom. The molecular weight excluding hydrogens is 152 g/mol. The van der Waals surface area contributed by atoms with Crippen molar-refractivity contribution in [3.8, 4) is 0 Å². The minimum Gasteiger partial charge on any atom is -0.152 e. The first-order valence-electron chi connectivity index (χ1n) is 4.77. The van der Waals surface area contributed by atoms with Crippen LogP contribution < -0.4 is 0 Å². The Hall–Kier alpha value is 0.350. The van der Waals surface area contributed by atoms with Gasteiger partial charge in [0.15, 0.2) is 0 Å². The minimum absolute atomic E-state index is 0.593. The highest BCUT2D eigenvalue weighted by molar-refractivity contribution is 8.01. The van der Waals surface area contributed by atoms with Crippen LogP contribution in [-0.4, -0.2) is 10.00 Å².